The van der Waals surface area contributed by atoms with Gasteiger partial charge in [-0.1, -0.05) is 6.92 Å². The Morgan fingerprint density at radius 1 is 1.47 bits per heavy atom. The Labute approximate surface area is 89.6 Å². The van der Waals surface area contributed by atoms with Crippen LogP contribution in [0.5, 0.6) is 0 Å². The molecule has 0 spiro atoms. The van der Waals surface area contributed by atoms with Crippen LogP contribution in [0.2, 0.25) is 0 Å². The number of methoxy groups -OCH3 is 1. The van der Waals surface area contributed by atoms with Crippen molar-refractivity contribution in [1.82, 2.24) is 4.90 Å². The lowest BCUT2D eigenvalue weighted by atomic mass is 9.94. The molecule has 2 N–H and O–H groups in total. The van der Waals surface area contributed by atoms with Crippen molar-refractivity contribution in [3.05, 3.63) is 0 Å². The summed E-state index contributed by atoms with van der Waals surface area (Å²) in [6, 6.07) is -0.127. The summed E-state index contributed by atoms with van der Waals surface area (Å²) >= 11 is 0. The summed E-state index contributed by atoms with van der Waals surface area (Å²) in [4.78, 5) is 24.5. The van der Waals surface area contributed by atoms with E-state index in [-0.39, 0.29) is 23.8 Å². The Hall–Kier alpha value is -1.10. The topological polar surface area (TPSA) is 72.6 Å². The van der Waals surface area contributed by atoms with Crippen molar-refractivity contribution in [1.29, 1.82) is 0 Å². The lowest BCUT2D eigenvalue weighted by Gasteiger charge is -2.34. The maximum absolute atomic E-state index is 11.5. The third-order valence-corrected chi connectivity index (χ3v) is 2.67. The fourth-order valence-electron chi connectivity index (χ4n) is 1.90. The summed E-state index contributed by atoms with van der Waals surface area (Å²) in [7, 11) is 1.36. The molecule has 0 aromatic heterocycles. The number of nitrogens with two attached hydrogens (primary N) is 1. The summed E-state index contributed by atoms with van der Waals surface area (Å²) in [6.45, 7) is 2.78. The van der Waals surface area contributed by atoms with Crippen LogP contribution in [0.1, 0.15) is 19.8 Å². The normalized spacial score (nSPS) is 26.2. The molecule has 1 aliphatic rings. The molecule has 2 atom stereocenters. The van der Waals surface area contributed by atoms with Gasteiger partial charge in [0, 0.05) is 25.6 Å². The third-order valence-electron chi connectivity index (χ3n) is 2.67. The van der Waals surface area contributed by atoms with Crippen molar-refractivity contribution in [3.63, 3.8) is 0 Å². The van der Waals surface area contributed by atoms with E-state index < -0.39 is 0 Å². The van der Waals surface area contributed by atoms with E-state index in [2.05, 4.69) is 4.74 Å². The molecule has 1 aliphatic heterocycles. The van der Waals surface area contributed by atoms with Crippen LogP contribution in [0, 0.1) is 5.92 Å². The minimum Gasteiger partial charge on any atom is -0.469 e. The summed E-state index contributed by atoms with van der Waals surface area (Å²) in [5, 5.41) is 0. The minimum absolute atomic E-state index is 0.0408. The fourth-order valence-corrected chi connectivity index (χ4v) is 1.90. The number of ether oxygens (including phenoxy) is 1. The van der Waals surface area contributed by atoms with Gasteiger partial charge in [-0.05, 0) is 6.42 Å². The summed E-state index contributed by atoms with van der Waals surface area (Å²) in [5.41, 5.74) is 5.80. The van der Waals surface area contributed by atoms with E-state index in [0.29, 0.717) is 25.9 Å². The second kappa shape index (κ2) is 5.11. The molecule has 1 amide bonds. The first-order valence-corrected chi connectivity index (χ1v) is 5.19. The van der Waals surface area contributed by atoms with E-state index in [1.165, 1.54) is 7.11 Å². The van der Waals surface area contributed by atoms with Crippen LogP contribution < -0.4 is 5.73 Å². The van der Waals surface area contributed by atoms with Gasteiger partial charge in [-0.3, -0.25) is 9.59 Å². The zero-order valence-electron chi connectivity index (χ0n) is 9.23. The van der Waals surface area contributed by atoms with Gasteiger partial charge in [0.1, 0.15) is 0 Å². The molecule has 15 heavy (non-hydrogen) atoms. The van der Waals surface area contributed by atoms with Crippen molar-refractivity contribution in [2.24, 2.45) is 11.7 Å². The molecule has 5 nitrogen and oxygen atoms in total. The van der Waals surface area contributed by atoms with Gasteiger partial charge in [-0.2, -0.15) is 0 Å². The molecular formula is C10H18N2O3. The van der Waals surface area contributed by atoms with E-state index in [1.807, 2.05) is 0 Å². The number of esters is 1. The molecule has 0 radical (unpaired) electrons. The highest BCUT2D eigenvalue weighted by Crippen LogP contribution is 2.17. The predicted octanol–water partition coefficient (Wildman–Crippen LogP) is -0.255. The zero-order chi connectivity index (χ0) is 11.4. The van der Waals surface area contributed by atoms with Crippen molar-refractivity contribution in [2.75, 3.05) is 20.2 Å². The first kappa shape index (κ1) is 12.0. The summed E-state index contributed by atoms with van der Waals surface area (Å²) in [6.07, 6.45) is 1.04. The molecule has 1 heterocycles. The van der Waals surface area contributed by atoms with Crippen LogP contribution in [-0.4, -0.2) is 43.0 Å². The highest BCUT2D eigenvalue weighted by molar-refractivity contribution is 5.78. The van der Waals surface area contributed by atoms with E-state index >= 15 is 0 Å². The zero-order valence-corrected chi connectivity index (χ0v) is 9.23. The maximum Gasteiger partial charge on any atom is 0.310 e. The van der Waals surface area contributed by atoms with Crippen LogP contribution in [0.3, 0.4) is 0 Å². The van der Waals surface area contributed by atoms with Gasteiger partial charge >= 0.3 is 5.97 Å². The minimum atomic E-state index is -0.279. The molecule has 0 saturated carbocycles. The molecule has 1 rings (SSSR count). The second-order valence-electron chi connectivity index (χ2n) is 3.87. The molecular weight excluding hydrogens is 196 g/mol. The third kappa shape index (κ3) is 2.92. The molecule has 0 aromatic carbocycles. The van der Waals surface area contributed by atoms with Crippen LogP contribution in [-0.2, 0) is 14.3 Å². The average Bonchev–Trinajstić information content (AvgIpc) is 2.26. The molecule has 1 fully saturated rings. The number of likely N-dealkylation sites (tertiary alicyclic amines) is 1. The van der Waals surface area contributed by atoms with Gasteiger partial charge in [-0.15, -0.1) is 0 Å². The number of nitrogens with zero attached hydrogens (tertiary/aromatic N) is 1. The smallest absolute Gasteiger partial charge is 0.310 e. The lowest BCUT2D eigenvalue weighted by molar-refractivity contribution is -0.149. The van der Waals surface area contributed by atoms with E-state index in [1.54, 1.807) is 11.8 Å². The Morgan fingerprint density at radius 2 is 2.13 bits per heavy atom. The average molecular weight is 214 g/mol. The second-order valence-corrected chi connectivity index (χ2v) is 3.87. The monoisotopic (exact) mass is 214 g/mol. The largest absolute Gasteiger partial charge is 0.469 e. The van der Waals surface area contributed by atoms with Crippen molar-refractivity contribution >= 4 is 11.9 Å². The number of piperidine rings is 1. The van der Waals surface area contributed by atoms with Crippen LogP contribution in [0.4, 0.5) is 0 Å². The molecule has 0 bridgehead atoms. The van der Waals surface area contributed by atoms with E-state index in [0.717, 1.165) is 0 Å². The van der Waals surface area contributed by atoms with Gasteiger partial charge in [-0.25, -0.2) is 0 Å². The highest BCUT2D eigenvalue weighted by atomic mass is 16.5. The number of rotatable bonds is 2. The number of hydrogen-bond acceptors (Lipinski definition) is 4. The van der Waals surface area contributed by atoms with E-state index in [4.69, 9.17) is 5.73 Å². The number of amides is 1. The van der Waals surface area contributed by atoms with Crippen LogP contribution in [0.25, 0.3) is 0 Å². The van der Waals surface area contributed by atoms with Gasteiger partial charge in [0.05, 0.1) is 13.0 Å². The van der Waals surface area contributed by atoms with Crippen molar-refractivity contribution in [2.45, 2.75) is 25.8 Å². The molecule has 86 valence electrons. The predicted molar refractivity (Wildman–Crippen MR) is 55.0 cm³/mol. The van der Waals surface area contributed by atoms with Crippen LogP contribution in [0.15, 0.2) is 0 Å². The maximum atomic E-state index is 11.5. The highest BCUT2D eigenvalue weighted by Gasteiger charge is 2.32. The molecule has 2 unspecified atom stereocenters. The van der Waals surface area contributed by atoms with Gasteiger partial charge in [0.15, 0.2) is 0 Å². The Kier molecular flexibility index (Phi) is 4.08. The molecule has 1 saturated heterocycles. The Morgan fingerprint density at radius 3 is 2.67 bits per heavy atom. The molecule has 0 aromatic rings. The first-order chi connectivity index (χ1) is 7.08. The Bertz CT molecular complexity index is 231. The summed E-state index contributed by atoms with van der Waals surface area (Å²) in [5.74, 6) is -0.507. The molecule has 5 heteroatoms. The number of carbonyl (C=O) groups excluding carboxylic acids is 2. The van der Waals surface area contributed by atoms with Crippen LogP contribution >= 0.6 is 0 Å². The number of carbonyl (C=O) groups is 2. The quantitative estimate of drug-likeness (QED) is 0.643. The van der Waals surface area contributed by atoms with Crippen molar-refractivity contribution in [3.8, 4) is 0 Å². The number of hydrogen-bond donors (Lipinski definition) is 1. The van der Waals surface area contributed by atoms with Gasteiger partial charge in [0.25, 0.3) is 0 Å². The van der Waals surface area contributed by atoms with Gasteiger partial charge < -0.3 is 15.4 Å². The first-order valence-electron chi connectivity index (χ1n) is 5.19. The standard InChI is InChI=1S/C10H18N2O3/c1-3-9(13)12-5-7(10(14)15-2)4-8(11)6-12/h7-8H,3-6,11H2,1-2H3. The summed E-state index contributed by atoms with van der Waals surface area (Å²) < 4.78 is 4.67. The lowest BCUT2D eigenvalue weighted by Crippen LogP contribution is -2.51. The van der Waals surface area contributed by atoms with Crippen molar-refractivity contribution < 1.29 is 14.3 Å². The SMILES string of the molecule is CCC(=O)N1CC(N)CC(C(=O)OC)C1. The molecule has 0 aliphatic carbocycles. The van der Waals surface area contributed by atoms with E-state index in [9.17, 15) is 9.59 Å². The Balaban J connectivity index is 2.63. The van der Waals surface area contributed by atoms with Gasteiger partial charge in [0.2, 0.25) is 5.91 Å². The fraction of sp³-hybridized carbons (Fsp3) is 0.800.